The van der Waals surface area contributed by atoms with Crippen molar-refractivity contribution in [1.82, 2.24) is 4.90 Å². The highest BCUT2D eigenvalue weighted by Crippen LogP contribution is 2.18. The fourth-order valence-corrected chi connectivity index (χ4v) is 2.02. The maximum Gasteiger partial charge on any atom is 0.253 e. The molecule has 0 bridgehead atoms. The van der Waals surface area contributed by atoms with E-state index < -0.39 is 11.6 Å². The van der Waals surface area contributed by atoms with Crippen molar-refractivity contribution in [2.24, 2.45) is 11.7 Å². The normalized spacial score (nSPS) is 19.7. The van der Waals surface area contributed by atoms with Crippen molar-refractivity contribution in [2.45, 2.75) is 6.42 Å². The van der Waals surface area contributed by atoms with Gasteiger partial charge >= 0.3 is 0 Å². The number of halogens is 2. The van der Waals surface area contributed by atoms with Gasteiger partial charge in [-0.3, -0.25) is 4.79 Å². The molecule has 0 radical (unpaired) electrons. The summed E-state index contributed by atoms with van der Waals surface area (Å²) in [6.07, 6.45) is 0.867. The predicted molar refractivity (Wildman–Crippen MR) is 59.4 cm³/mol. The second-order valence-corrected chi connectivity index (χ2v) is 4.27. The Morgan fingerprint density at radius 3 is 2.76 bits per heavy atom. The molecule has 1 aliphatic rings. The molecule has 0 spiro atoms. The van der Waals surface area contributed by atoms with Gasteiger partial charge in [-0.25, -0.2) is 8.78 Å². The van der Waals surface area contributed by atoms with Gasteiger partial charge in [0.1, 0.15) is 0 Å². The van der Waals surface area contributed by atoms with Gasteiger partial charge in [0.2, 0.25) is 0 Å². The smallest absolute Gasteiger partial charge is 0.253 e. The first kappa shape index (κ1) is 12.0. The van der Waals surface area contributed by atoms with E-state index in [1.165, 1.54) is 6.07 Å². The number of nitrogens with two attached hydrogens (primary N) is 1. The number of carbonyl (C=O) groups is 1. The van der Waals surface area contributed by atoms with E-state index in [1.807, 2.05) is 0 Å². The van der Waals surface area contributed by atoms with Crippen LogP contribution < -0.4 is 5.73 Å². The third-order valence-electron chi connectivity index (χ3n) is 3.07. The van der Waals surface area contributed by atoms with E-state index in [0.717, 1.165) is 18.6 Å². The average molecular weight is 240 g/mol. The molecule has 1 aliphatic heterocycles. The molecule has 1 unspecified atom stereocenters. The van der Waals surface area contributed by atoms with E-state index in [0.29, 0.717) is 25.6 Å². The summed E-state index contributed by atoms with van der Waals surface area (Å²) >= 11 is 0. The lowest BCUT2D eigenvalue weighted by Gasteiger charge is -2.16. The van der Waals surface area contributed by atoms with E-state index in [1.54, 1.807) is 4.90 Å². The van der Waals surface area contributed by atoms with Crippen molar-refractivity contribution in [3.05, 3.63) is 35.4 Å². The molecule has 0 aromatic heterocycles. The minimum Gasteiger partial charge on any atom is -0.338 e. The zero-order valence-corrected chi connectivity index (χ0v) is 9.33. The Hall–Kier alpha value is -1.49. The van der Waals surface area contributed by atoms with Crippen molar-refractivity contribution >= 4 is 5.91 Å². The van der Waals surface area contributed by atoms with Crippen LogP contribution in [-0.2, 0) is 0 Å². The van der Waals surface area contributed by atoms with E-state index >= 15 is 0 Å². The van der Waals surface area contributed by atoms with Gasteiger partial charge in [-0.1, -0.05) is 0 Å². The van der Waals surface area contributed by atoms with Crippen LogP contribution in [0.1, 0.15) is 16.8 Å². The molecule has 0 saturated carbocycles. The van der Waals surface area contributed by atoms with Crippen LogP contribution in [0.4, 0.5) is 8.78 Å². The number of carbonyl (C=O) groups excluding carboxylic acids is 1. The highest BCUT2D eigenvalue weighted by molar-refractivity contribution is 5.94. The molecule has 0 aliphatic carbocycles. The lowest BCUT2D eigenvalue weighted by atomic mass is 10.1. The monoisotopic (exact) mass is 240 g/mol. The molecular weight excluding hydrogens is 226 g/mol. The molecule has 3 nitrogen and oxygen atoms in total. The van der Waals surface area contributed by atoms with E-state index in [9.17, 15) is 13.6 Å². The molecule has 1 heterocycles. The van der Waals surface area contributed by atoms with Crippen molar-refractivity contribution in [1.29, 1.82) is 0 Å². The summed E-state index contributed by atoms with van der Waals surface area (Å²) < 4.78 is 25.7. The van der Waals surface area contributed by atoms with Crippen molar-refractivity contribution in [2.75, 3.05) is 19.6 Å². The number of rotatable bonds is 2. The van der Waals surface area contributed by atoms with Crippen molar-refractivity contribution in [3.8, 4) is 0 Å². The first-order valence-corrected chi connectivity index (χ1v) is 5.56. The second kappa shape index (κ2) is 4.79. The summed E-state index contributed by atoms with van der Waals surface area (Å²) in [5.41, 5.74) is 5.71. The predicted octanol–water partition coefficient (Wildman–Crippen LogP) is 1.39. The maximum absolute atomic E-state index is 13.0. The summed E-state index contributed by atoms with van der Waals surface area (Å²) in [7, 11) is 0. The van der Waals surface area contributed by atoms with E-state index in [-0.39, 0.29) is 11.5 Å². The molecule has 1 atom stereocenters. The zero-order valence-electron chi connectivity index (χ0n) is 9.33. The number of hydrogen-bond donors (Lipinski definition) is 1. The maximum atomic E-state index is 13.0. The Morgan fingerprint density at radius 2 is 2.18 bits per heavy atom. The molecule has 1 saturated heterocycles. The molecule has 1 aromatic carbocycles. The van der Waals surface area contributed by atoms with Crippen molar-refractivity contribution < 1.29 is 13.6 Å². The lowest BCUT2D eigenvalue weighted by Crippen LogP contribution is -2.29. The Kier molecular flexibility index (Phi) is 3.38. The van der Waals surface area contributed by atoms with E-state index in [4.69, 9.17) is 5.73 Å². The highest BCUT2D eigenvalue weighted by Gasteiger charge is 2.26. The fraction of sp³-hybridized carbons (Fsp3) is 0.417. The molecule has 1 aromatic rings. The summed E-state index contributed by atoms with van der Waals surface area (Å²) in [4.78, 5) is 13.6. The van der Waals surface area contributed by atoms with Gasteiger partial charge in [0, 0.05) is 18.7 Å². The Morgan fingerprint density at radius 1 is 1.41 bits per heavy atom. The van der Waals surface area contributed by atoms with Crippen LogP contribution in [0.25, 0.3) is 0 Å². The average Bonchev–Trinajstić information content (AvgIpc) is 2.80. The van der Waals surface area contributed by atoms with Crippen molar-refractivity contribution in [3.63, 3.8) is 0 Å². The van der Waals surface area contributed by atoms with E-state index in [2.05, 4.69) is 0 Å². The van der Waals surface area contributed by atoms with Crippen LogP contribution in [0.5, 0.6) is 0 Å². The zero-order chi connectivity index (χ0) is 12.4. The Balaban J connectivity index is 2.12. The quantitative estimate of drug-likeness (QED) is 0.849. The topological polar surface area (TPSA) is 46.3 Å². The summed E-state index contributed by atoms with van der Waals surface area (Å²) in [5.74, 6) is -1.89. The van der Waals surface area contributed by atoms with Gasteiger partial charge in [0.15, 0.2) is 11.6 Å². The van der Waals surface area contributed by atoms with Crippen LogP contribution in [0, 0.1) is 17.6 Å². The number of nitrogens with zero attached hydrogens (tertiary/aromatic N) is 1. The number of likely N-dealkylation sites (tertiary alicyclic amines) is 1. The SMILES string of the molecule is NCC1CCN(C(=O)c2ccc(F)c(F)c2)C1. The first-order valence-electron chi connectivity index (χ1n) is 5.56. The number of amides is 1. The summed E-state index contributed by atoms with van der Waals surface area (Å²) in [6.45, 7) is 1.76. The largest absolute Gasteiger partial charge is 0.338 e. The number of benzene rings is 1. The Bertz CT molecular complexity index is 437. The summed E-state index contributed by atoms with van der Waals surface area (Å²) in [6, 6.07) is 3.21. The minimum absolute atomic E-state index is 0.182. The van der Waals surface area contributed by atoms with Gasteiger partial charge in [0.05, 0.1) is 0 Å². The second-order valence-electron chi connectivity index (χ2n) is 4.27. The Labute approximate surface area is 98.2 Å². The molecule has 17 heavy (non-hydrogen) atoms. The van der Waals surface area contributed by atoms with Crippen LogP contribution in [0.15, 0.2) is 18.2 Å². The molecule has 1 amide bonds. The lowest BCUT2D eigenvalue weighted by molar-refractivity contribution is 0.0787. The molecule has 92 valence electrons. The highest BCUT2D eigenvalue weighted by atomic mass is 19.2. The standard InChI is InChI=1S/C12H14F2N2O/c13-10-2-1-9(5-11(10)14)12(17)16-4-3-8(6-15)7-16/h1-2,5,8H,3-4,6-7,15H2. The fourth-order valence-electron chi connectivity index (χ4n) is 2.02. The molecule has 1 fully saturated rings. The molecule has 2 N–H and O–H groups in total. The van der Waals surface area contributed by atoms with Gasteiger partial charge in [-0.05, 0) is 37.1 Å². The van der Waals surface area contributed by atoms with Crippen LogP contribution in [0.3, 0.4) is 0 Å². The third-order valence-corrected chi connectivity index (χ3v) is 3.07. The van der Waals surface area contributed by atoms with Crippen LogP contribution in [0.2, 0.25) is 0 Å². The minimum atomic E-state index is -0.995. The van der Waals surface area contributed by atoms with Gasteiger partial charge < -0.3 is 10.6 Å². The van der Waals surface area contributed by atoms with Gasteiger partial charge in [-0.2, -0.15) is 0 Å². The van der Waals surface area contributed by atoms with Crippen LogP contribution in [-0.4, -0.2) is 30.4 Å². The van der Waals surface area contributed by atoms with Gasteiger partial charge in [-0.15, -0.1) is 0 Å². The third kappa shape index (κ3) is 2.44. The first-order chi connectivity index (χ1) is 8.11. The molecule has 2 rings (SSSR count). The molecule has 5 heteroatoms. The van der Waals surface area contributed by atoms with Gasteiger partial charge in [0.25, 0.3) is 5.91 Å². The molecular formula is C12H14F2N2O. The number of hydrogen-bond acceptors (Lipinski definition) is 2. The van der Waals surface area contributed by atoms with Crippen LogP contribution >= 0.6 is 0 Å². The summed E-state index contributed by atoms with van der Waals surface area (Å²) in [5, 5.41) is 0.